The highest BCUT2D eigenvalue weighted by Gasteiger charge is 2.28. The predicted molar refractivity (Wildman–Crippen MR) is 71.8 cm³/mol. The summed E-state index contributed by atoms with van der Waals surface area (Å²) in [4.78, 5) is 0. The smallest absolute Gasteiger partial charge is 0.159 e. The molecule has 2 aromatic rings. The maximum Gasteiger partial charge on any atom is 0.159 e. The van der Waals surface area contributed by atoms with E-state index in [9.17, 15) is 0 Å². The van der Waals surface area contributed by atoms with E-state index in [1.165, 1.54) is 0 Å². The Morgan fingerprint density at radius 2 is 1.94 bits per heavy atom. The van der Waals surface area contributed by atoms with E-state index in [1.807, 2.05) is 24.3 Å². The molecule has 0 bridgehead atoms. The first-order valence-corrected chi connectivity index (χ1v) is 6.44. The first-order chi connectivity index (χ1) is 8.78. The van der Waals surface area contributed by atoms with Crippen molar-refractivity contribution in [2.24, 2.45) is 5.92 Å². The number of hydrogen-bond donors (Lipinski definition) is 2. The molecule has 5 heteroatoms. The van der Waals surface area contributed by atoms with Crippen LogP contribution in [0.4, 0.5) is 5.82 Å². The average molecular weight is 264 g/mol. The van der Waals surface area contributed by atoms with Gasteiger partial charge < -0.3 is 10.4 Å². The van der Waals surface area contributed by atoms with Gasteiger partial charge >= 0.3 is 0 Å². The van der Waals surface area contributed by atoms with Crippen LogP contribution in [0.2, 0.25) is 5.15 Å². The van der Waals surface area contributed by atoms with Crippen LogP contribution in [0.5, 0.6) is 0 Å². The van der Waals surface area contributed by atoms with Crippen molar-refractivity contribution < 1.29 is 5.11 Å². The molecule has 1 fully saturated rings. The number of anilines is 1. The standard InChI is InChI=1S/C13H14ClN3O/c14-12-10-3-1-2-4-11(10)13(17-16-12)15-9-5-8(6-9)7-18/h1-4,8-9,18H,5-7H2,(H,15,17). The first kappa shape index (κ1) is 11.7. The molecule has 4 nitrogen and oxygen atoms in total. The van der Waals surface area contributed by atoms with Crippen molar-refractivity contribution in [3.05, 3.63) is 29.4 Å². The Kier molecular flexibility index (Phi) is 3.06. The van der Waals surface area contributed by atoms with Crippen molar-refractivity contribution in [1.29, 1.82) is 0 Å². The minimum Gasteiger partial charge on any atom is -0.396 e. The Bertz CT molecular complexity index is 569. The van der Waals surface area contributed by atoms with Crippen molar-refractivity contribution in [2.45, 2.75) is 18.9 Å². The van der Waals surface area contributed by atoms with E-state index in [2.05, 4.69) is 15.5 Å². The Labute approximate surface area is 110 Å². The van der Waals surface area contributed by atoms with Gasteiger partial charge in [-0.3, -0.25) is 0 Å². The molecular formula is C13H14ClN3O. The van der Waals surface area contributed by atoms with Crippen LogP contribution in [0.1, 0.15) is 12.8 Å². The third-order valence-electron chi connectivity index (χ3n) is 3.48. The summed E-state index contributed by atoms with van der Waals surface area (Å²) in [6.07, 6.45) is 1.96. The van der Waals surface area contributed by atoms with E-state index in [4.69, 9.17) is 16.7 Å². The fourth-order valence-corrected chi connectivity index (χ4v) is 2.58. The van der Waals surface area contributed by atoms with Crippen molar-refractivity contribution in [3.8, 4) is 0 Å². The van der Waals surface area contributed by atoms with Gasteiger partial charge in [0.15, 0.2) is 11.0 Å². The summed E-state index contributed by atoms with van der Waals surface area (Å²) in [5.74, 6) is 1.20. The van der Waals surface area contributed by atoms with Crippen LogP contribution in [0, 0.1) is 5.92 Å². The Morgan fingerprint density at radius 1 is 1.22 bits per heavy atom. The number of aliphatic hydroxyl groups is 1. The van der Waals surface area contributed by atoms with Gasteiger partial charge in [-0.05, 0) is 18.8 Å². The summed E-state index contributed by atoms with van der Waals surface area (Å²) in [5, 5.41) is 22.8. The zero-order valence-corrected chi connectivity index (χ0v) is 10.6. The van der Waals surface area contributed by atoms with Crippen LogP contribution in [0.15, 0.2) is 24.3 Å². The van der Waals surface area contributed by atoms with Gasteiger partial charge in [-0.15, -0.1) is 10.2 Å². The monoisotopic (exact) mass is 263 g/mol. The fraction of sp³-hybridized carbons (Fsp3) is 0.385. The third kappa shape index (κ3) is 2.02. The van der Waals surface area contributed by atoms with E-state index in [-0.39, 0.29) is 6.61 Å². The van der Waals surface area contributed by atoms with E-state index in [0.29, 0.717) is 17.1 Å². The molecule has 0 saturated heterocycles. The predicted octanol–water partition coefficient (Wildman–Crippen LogP) is 2.47. The largest absolute Gasteiger partial charge is 0.396 e. The molecule has 0 spiro atoms. The molecule has 94 valence electrons. The van der Waals surface area contributed by atoms with Crippen molar-refractivity contribution in [3.63, 3.8) is 0 Å². The number of fused-ring (bicyclic) bond motifs is 1. The van der Waals surface area contributed by atoms with Gasteiger partial charge in [-0.1, -0.05) is 35.9 Å². The highest BCUT2D eigenvalue weighted by molar-refractivity contribution is 6.34. The van der Waals surface area contributed by atoms with Crippen molar-refractivity contribution in [2.75, 3.05) is 11.9 Å². The van der Waals surface area contributed by atoms with Gasteiger partial charge in [0.05, 0.1) is 0 Å². The van der Waals surface area contributed by atoms with Gasteiger partial charge in [0, 0.05) is 23.4 Å². The number of halogens is 1. The molecule has 1 saturated carbocycles. The molecular weight excluding hydrogens is 250 g/mol. The number of rotatable bonds is 3. The molecule has 1 aromatic carbocycles. The summed E-state index contributed by atoms with van der Waals surface area (Å²) in [5.41, 5.74) is 0. The minimum atomic E-state index is 0.269. The second kappa shape index (κ2) is 4.71. The van der Waals surface area contributed by atoms with E-state index < -0.39 is 0 Å². The SMILES string of the molecule is OCC1CC(Nc2nnc(Cl)c3ccccc23)C1. The second-order valence-corrected chi connectivity index (χ2v) is 5.10. The molecule has 0 unspecified atom stereocenters. The molecule has 1 aliphatic carbocycles. The Hall–Kier alpha value is -1.39. The first-order valence-electron chi connectivity index (χ1n) is 6.06. The highest BCUT2D eigenvalue weighted by Crippen LogP contribution is 2.32. The summed E-state index contributed by atoms with van der Waals surface area (Å²) >= 11 is 6.02. The molecule has 18 heavy (non-hydrogen) atoms. The summed E-state index contributed by atoms with van der Waals surface area (Å²) < 4.78 is 0. The number of aliphatic hydroxyl groups excluding tert-OH is 1. The van der Waals surface area contributed by atoms with Gasteiger partial charge in [0.25, 0.3) is 0 Å². The van der Waals surface area contributed by atoms with Crippen molar-refractivity contribution >= 4 is 28.2 Å². The van der Waals surface area contributed by atoms with E-state index in [0.717, 1.165) is 29.4 Å². The average Bonchev–Trinajstić information content (AvgIpc) is 2.36. The number of hydrogen-bond acceptors (Lipinski definition) is 4. The van der Waals surface area contributed by atoms with Crippen LogP contribution >= 0.6 is 11.6 Å². The van der Waals surface area contributed by atoms with Gasteiger partial charge in [-0.2, -0.15) is 0 Å². The topological polar surface area (TPSA) is 58.0 Å². The number of aromatic nitrogens is 2. The maximum atomic E-state index is 9.00. The third-order valence-corrected chi connectivity index (χ3v) is 3.76. The molecule has 0 atom stereocenters. The lowest BCUT2D eigenvalue weighted by molar-refractivity contribution is 0.151. The van der Waals surface area contributed by atoms with Gasteiger partial charge in [0.2, 0.25) is 0 Å². The van der Waals surface area contributed by atoms with Crippen molar-refractivity contribution in [1.82, 2.24) is 10.2 Å². The van der Waals surface area contributed by atoms with Crippen LogP contribution < -0.4 is 5.32 Å². The summed E-state index contributed by atoms with van der Waals surface area (Å²) in [6, 6.07) is 8.20. The number of nitrogens with one attached hydrogen (secondary N) is 1. The molecule has 3 rings (SSSR count). The van der Waals surface area contributed by atoms with Gasteiger partial charge in [-0.25, -0.2) is 0 Å². The van der Waals surface area contributed by atoms with Crippen LogP contribution in [0.25, 0.3) is 10.8 Å². The Balaban J connectivity index is 1.87. The maximum absolute atomic E-state index is 9.00. The molecule has 1 heterocycles. The van der Waals surface area contributed by atoms with Crippen LogP contribution in [0.3, 0.4) is 0 Å². The lowest BCUT2D eigenvalue weighted by atomic mass is 9.81. The Morgan fingerprint density at radius 3 is 2.67 bits per heavy atom. The van der Waals surface area contributed by atoms with Crippen LogP contribution in [-0.4, -0.2) is 28.0 Å². The van der Waals surface area contributed by atoms with Gasteiger partial charge in [0.1, 0.15) is 0 Å². The molecule has 1 aliphatic rings. The molecule has 1 aromatic heterocycles. The summed E-state index contributed by atoms with van der Waals surface area (Å²) in [7, 11) is 0. The molecule has 0 aliphatic heterocycles. The zero-order chi connectivity index (χ0) is 12.5. The zero-order valence-electron chi connectivity index (χ0n) is 9.81. The molecule has 0 amide bonds. The fourth-order valence-electron chi connectivity index (χ4n) is 2.37. The van der Waals surface area contributed by atoms with Crippen LogP contribution in [-0.2, 0) is 0 Å². The molecule has 2 N–H and O–H groups in total. The lowest BCUT2D eigenvalue weighted by Crippen LogP contribution is -2.37. The lowest BCUT2D eigenvalue weighted by Gasteiger charge is -2.35. The number of nitrogens with zero attached hydrogens (tertiary/aromatic N) is 2. The molecule has 0 radical (unpaired) electrons. The highest BCUT2D eigenvalue weighted by atomic mass is 35.5. The second-order valence-electron chi connectivity index (χ2n) is 4.75. The summed E-state index contributed by atoms with van der Waals surface area (Å²) in [6.45, 7) is 0.269. The van der Waals surface area contributed by atoms with E-state index >= 15 is 0 Å². The number of benzene rings is 1. The van der Waals surface area contributed by atoms with E-state index in [1.54, 1.807) is 0 Å². The minimum absolute atomic E-state index is 0.269. The normalized spacial score (nSPS) is 22.8. The quantitative estimate of drug-likeness (QED) is 0.893.